The van der Waals surface area contributed by atoms with E-state index in [4.69, 9.17) is 4.74 Å². The molecule has 0 bridgehead atoms. The van der Waals surface area contributed by atoms with E-state index in [1.165, 1.54) is 25.3 Å². The molecule has 0 unspecified atom stereocenters. The number of para-hydroxylation sites is 1. The van der Waals surface area contributed by atoms with Crippen LogP contribution in [0.15, 0.2) is 48.7 Å². The van der Waals surface area contributed by atoms with Gasteiger partial charge in [0.25, 0.3) is 5.91 Å². The summed E-state index contributed by atoms with van der Waals surface area (Å²) in [6.07, 6.45) is 2.56. The normalized spacial score (nSPS) is 10.8. The van der Waals surface area contributed by atoms with Crippen LogP contribution in [0.4, 0.5) is 8.78 Å². The van der Waals surface area contributed by atoms with Crippen LogP contribution < -0.4 is 20.1 Å². The van der Waals surface area contributed by atoms with Gasteiger partial charge < -0.3 is 25.1 Å². The van der Waals surface area contributed by atoms with Crippen molar-refractivity contribution >= 4 is 22.7 Å². The van der Waals surface area contributed by atoms with Crippen LogP contribution in [0.3, 0.4) is 0 Å². The van der Waals surface area contributed by atoms with Gasteiger partial charge in [0.1, 0.15) is 0 Å². The minimum absolute atomic E-state index is 0.00821. The smallest absolute Gasteiger partial charge is 0.387 e. The Morgan fingerprint density at radius 3 is 2.67 bits per heavy atom. The third-order valence-electron chi connectivity index (χ3n) is 4.44. The predicted molar refractivity (Wildman–Crippen MR) is 107 cm³/mol. The molecule has 0 radical (unpaired) electrons. The number of alkyl halides is 2. The number of methoxy groups -OCH3 is 1. The fourth-order valence-electron chi connectivity index (χ4n) is 3.00. The molecule has 7 nitrogen and oxygen atoms in total. The molecule has 2 amide bonds. The lowest BCUT2D eigenvalue weighted by molar-refractivity contribution is -0.120. The Morgan fingerprint density at radius 1 is 1.10 bits per heavy atom. The van der Waals surface area contributed by atoms with Gasteiger partial charge in [0, 0.05) is 29.2 Å². The van der Waals surface area contributed by atoms with Gasteiger partial charge in [0.2, 0.25) is 5.91 Å². The Hall–Kier alpha value is -3.62. The van der Waals surface area contributed by atoms with Crippen LogP contribution in [0.2, 0.25) is 0 Å². The van der Waals surface area contributed by atoms with Gasteiger partial charge in [-0.15, -0.1) is 0 Å². The van der Waals surface area contributed by atoms with E-state index in [0.717, 1.165) is 16.5 Å². The van der Waals surface area contributed by atoms with Gasteiger partial charge in [-0.05, 0) is 36.2 Å². The number of rotatable bonds is 9. The summed E-state index contributed by atoms with van der Waals surface area (Å²) in [5, 5.41) is 6.34. The summed E-state index contributed by atoms with van der Waals surface area (Å²) in [7, 11) is 1.27. The summed E-state index contributed by atoms with van der Waals surface area (Å²) in [5.74, 6) is -1.07. The van der Waals surface area contributed by atoms with Crippen LogP contribution in [0.25, 0.3) is 10.9 Å². The first kappa shape index (κ1) is 21.1. The summed E-state index contributed by atoms with van der Waals surface area (Å²) < 4.78 is 34.0. The predicted octanol–water partition coefficient (Wildman–Crippen LogP) is 2.87. The number of halogens is 2. The number of fused-ring (bicyclic) bond motifs is 1. The van der Waals surface area contributed by atoms with Crippen molar-refractivity contribution < 1.29 is 27.8 Å². The summed E-state index contributed by atoms with van der Waals surface area (Å²) in [6, 6.07) is 11.7. The number of H-pyrrole nitrogens is 1. The molecule has 0 atom stereocenters. The fraction of sp³-hybridized carbons (Fsp3) is 0.238. The molecule has 3 N–H and O–H groups in total. The van der Waals surface area contributed by atoms with E-state index in [1.54, 1.807) is 0 Å². The van der Waals surface area contributed by atoms with E-state index < -0.39 is 12.5 Å². The van der Waals surface area contributed by atoms with Gasteiger partial charge in [-0.3, -0.25) is 9.59 Å². The number of aromatic nitrogens is 1. The molecular weight excluding hydrogens is 396 g/mol. The molecule has 0 saturated carbocycles. The van der Waals surface area contributed by atoms with E-state index in [1.807, 2.05) is 30.5 Å². The van der Waals surface area contributed by atoms with Crippen LogP contribution in [0.1, 0.15) is 15.9 Å². The maximum absolute atomic E-state index is 12.4. The lowest BCUT2D eigenvalue weighted by Gasteiger charge is -2.11. The third-order valence-corrected chi connectivity index (χ3v) is 4.44. The number of carbonyl (C=O) groups excluding carboxylic acids is 2. The summed E-state index contributed by atoms with van der Waals surface area (Å²) in [6.45, 7) is -2.81. The second-order valence-electron chi connectivity index (χ2n) is 6.39. The van der Waals surface area contributed by atoms with Crippen molar-refractivity contribution in [2.24, 2.45) is 0 Å². The number of benzene rings is 2. The maximum Gasteiger partial charge on any atom is 0.387 e. The van der Waals surface area contributed by atoms with E-state index in [0.29, 0.717) is 13.0 Å². The zero-order chi connectivity index (χ0) is 21.5. The van der Waals surface area contributed by atoms with Gasteiger partial charge in [-0.25, -0.2) is 0 Å². The molecule has 3 rings (SSSR count). The van der Waals surface area contributed by atoms with E-state index in [-0.39, 0.29) is 29.5 Å². The lowest BCUT2D eigenvalue weighted by atomic mass is 10.1. The molecule has 158 valence electrons. The number of amides is 2. The van der Waals surface area contributed by atoms with E-state index in [2.05, 4.69) is 20.4 Å². The summed E-state index contributed by atoms with van der Waals surface area (Å²) >= 11 is 0. The zero-order valence-corrected chi connectivity index (χ0v) is 16.2. The lowest BCUT2D eigenvalue weighted by Crippen LogP contribution is -2.37. The number of ether oxygens (including phenoxy) is 2. The quantitative estimate of drug-likeness (QED) is 0.499. The first-order valence-corrected chi connectivity index (χ1v) is 9.20. The number of nitrogens with one attached hydrogen (secondary N) is 3. The molecule has 0 aliphatic heterocycles. The van der Waals surface area contributed by atoms with Gasteiger partial charge in [0.05, 0.1) is 13.7 Å². The van der Waals surface area contributed by atoms with Crippen LogP contribution in [0.5, 0.6) is 11.5 Å². The Labute approximate surface area is 171 Å². The van der Waals surface area contributed by atoms with Gasteiger partial charge in [0.15, 0.2) is 11.5 Å². The van der Waals surface area contributed by atoms with Crippen molar-refractivity contribution in [3.05, 3.63) is 59.8 Å². The minimum Gasteiger partial charge on any atom is -0.493 e. The van der Waals surface area contributed by atoms with Gasteiger partial charge in [-0.1, -0.05) is 18.2 Å². The molecule has 0 saturated heterocycles. The second kappa shape index (κ2) is 9.73. The van der Waals surface area contributed by atoms with Crippen LogP contribution in [-0.4, -0.2) is 43.6 Å². The van der Waals surface area contributed by atoms with Crippen molar-refractivity contribution in [1.29, 1.82) is 0 Å². The number of hydrogen-bond acceptors (Lipinski definition) is 4. The van der Waals surface area contributed by atoms with Crippen molar-refractivity contribution in [2.45, 2.75) is 13.0 Å². The van der Waals surface area contributed by atoms with Crippen LogP contribution >= 0.6 is 0 Å². The number of aromatic amines is 1. The molecule has 1 aromatic heterocycles. The van der Waals surface area contributed by atoms with Crippen LogP contribution in [0, 0.1) is 0 Å². The SMILES string of the molecule is COc1cc(C(=O)NCC(=O)NCCc2c[nH]c3ccccc23)ccc1OC(F)F. The molecule has 1 heterocycles. The van der Waals surface area contributed by atoms with Gasteiger partial charge in [-0.2, -0.15) is 8.78 Å². The Bertz CT molecular complexity index is 1040. The van der Waals surface area contributed by atoms with Crippen molar-refractivity contribution in [1.82, 2.24) is 15.6 Å². The summed E-state index contributed by atoms with van der Waals surface area (Å²) in [5.41, 5.74) is 2.28. The highest BCUT2D eigenvalue weighted by atomic mass is 19.3. The molecule has 3 aromatic rings. The number of hydrogen-bond donors (Lipinski definition) is 3. The molecule has 0 fully saturated rings. The minimum atomic E-state index is -3.01. The molecule has 0 aliphatic rings. The average molecular weight is 417 g/mol. The van der Waals surface area contributed by atoms with Crippen molar-refractivity contribution in [2.75, 3.05) is 20.2 Å². The highest BCUT2D eigenvalue weighted by molar-refractivity contribution is 5.97. The fourth-order valence-corrected chi connectivity index (χ4v) is 3.00. The average Bonchev–Trinajstić information content (AvgIpc) is 3.15. The van der Waals surface area contributed by atoms with Crippen molar-refractivity contribution in [3.63, 3.8) is 0 Å². The largest absolute Gasteiger partial charge is 0.493 e. The number of carbonyl (C=O) groups is 2. The zero-order valence-electron chi connectivity index (χ0n) is 16.2. The van der Waals surface area contributed by atoms with E-state index in [9.17, 15) is 18.4 Å². The summed E-state index contributed by atoms with van der Waals surface area (Å²) in [4.78, 5) is 27.4. The van der Waals surface area contributed by atoms with Crippen molar-refractivity contribution in [3.8, 4) is 11.5 Å². The molecular formula is C21H21F2N3O4. The van der Waals surface area contributed by atoms with E-state index >= 15 is 0 Å². The van der Waals surface area contributed by atoms with Crippen LogP contribution in [-0.2, 0) is 11.2 Å². The Balaban J connectivity index is 1.47. The Morgan fingerprint density at radius 2 is 1.90 bits per heavy atom. The highest BCUT2D eigenvalue weighted by Crippen LogP contribution is 2.29. The Kier molecular flexibility index (Phi) is 6.84. The molecule has 9 heteroatoms. The first-order chi connectivity index (χ1) is 14.5. The monoisotopic (exact) mass is 417 g/mol. The molecule has 0 aliphatic carbocycles. The molecule has 30 heavy (non-hydrogen) atoms. The first-order valence-electron chi connectivity index (χ1n) is 9.20. The molecule has 2 aromatic carbocycles. The standard InChI is InChI=1S/C21H21F2N3O4/c1-29-18-10-13(6-7-17(18)30-21(22)23)20(28)26-12-19(27)24-9-8-14-11-25-16-5-3-2-4-15(14)16/h2-7,10-11,21,25H,8-9,12H2,1H3,(H,24,27)(H,26,28). The topological polar surface area (TPSA) is 92.5 Å². The third kappa shape index (κ3) is 5.25. The second-order valence-corrected chi connectivity index (χ2v) is 6.39. The highest BCUT2D eigenvalue weighted by Gasteiger charge is 2.15. The molecule has 0 spiro atoms. The maximum atomic E-state index is 12.4. The van der Waals surface area contributed by atoms with Gasteiger partial charge >= 0.3 is 6.61 Å².